The van der Waals surface area contributed by atoms with Crippen LogP contribution < -0.4 is 15.0 Å². The van der Waals surface area contributed by atoms with Gasteiger partial charge < -0.3 is 19.7 Å². The highest BCUT2D eigenvalue weighted by Crippen LogP contribution is 2.28. The Hall–Kier alpha value is -3.46. The van der Waals surface area contributed by atoms with E-state index < -0.39 is 17.9 Å². The lowest BCUT2D eigenvalue weighted by Crippen LogP contribution is -2.49. The van der Waals surface area contributed by atoms with Gasteiger partial charge in [0, 0.05) is 5.69 Å². The maximum Gasteiger partial charge on any atom is 0.325 e. The number of thiocarbonyl (C=S) groups is 1. The van der Waals surface area contributed by atoms with E-state index in [9.17, 15) is 14.4 Å². The Morgan fingerprint density at radius 1 is 1.13 bits per heavy atom. The Labute approximate surface area is 179 Å². The summed E-state index contributed by atoms with van der Waals surface area (Å²) >= 11 is 5.45. The monoisotopic (exact) mass is 427 g/mol. The highest BCUT2D eigenvalue weighted by atomic mass is 32.1. The average molecular weight is 427 g/mol. The number of para-hydroxylation sites is 1. The van der Waals surface area contributed by atoms with Gasteiger partial charge in [-0.15, -0.1) is 0 Å². The number of amides is 2. The highest BCUT2D eigenvalue weighted by Gasteiger charge is 2.44. The summed E-state index contributed by atoms with van der Waals surface area (Å²) < 4.78 is 9.86. The molecule has 1 heterocycles. The fourth-order valence-electron chi connectivity index (χ4n) is 3.11. The van der Waals surface area contributed by atoms with Crippen molar-refractivity contribution in [2.75, 3.05) is 31.0 Å². The Morgan fingerprint density at radius 3 is 2.40 bits per heavy atom. The molecule has 2 aromatic carbocycles. The van der Waals surface area contributed by atoms with E-state index in [0.29, 0.717) is 17.1 Å². The molecule has 1 fully saturated rings. The number of imide groups is 1. The van der Waals surface area contributed by atoms with Gasteiger partial charge >= 0.3 is 5.97 Å². The Kier molecular flexibility index (Phi) is 6.63. The van der Waals surface area contributed by atoms with E-state index in [2.05, 4.69) is 5.32 Å². The van der Waals surface area contributed by atoms with E-state index in [0.717, 1.165) is 4.90 Å². The predicted molar refractivity (Wildman–Crippen MR) is 115 cm³/mol. The molecule has 1 N–H and O–H groups in total. The Bertz CT molecular complexity index is 949. The van der Waals surface area contributed by atoms with Crippen molar-refractivity contribution in [3.8, 4) is 5.75 Å². The van der Waals surface area contributed by atoms with Crippen LogP contribution in [0.3, 0.4) is 0 Å². The van der Waals surface area contributed by atoms with Crippen LogP contribution in [0, 0.1) is 0 Å². The zero-order valence-electron chi connectivity index (χ0n) is 16.5. The van der Waals surface area contributed by atoms with Gasteiger partial charge in [-0.3, -0.25) is 14.4 Å². The van der Waals surface area contributed by atoms with Gasteiger partial charge in [0.1, 0.15) is 18.3 Å². The van der Waals surface area contributed by atoms with Gasteiger partial charge in [-0.1, -0.05) is 18.2 Å². The van der Waals surface area contributed by atoms with E-state index in [1.807, 2.05) is 18.2 Å². The second-order valence-electron chi connectivity index (χ2n) is 6.49. The van der Waals surface area contributed by atoms with Crippen molar-refractivity contribution in [3.05, 3.63) is 54.6 Å². The third kappa shape index (κ3) is 4.57. The van der Waals surface area contributed by atoms with Crippen LogP contribution in [0.1, 0.15) is 6.42 Å². The van der Waals surface area contributed by atoms with Crippen LogP contribution in [0.5, 0.6) is 5.75 Å². The van der Waals surface area contributed by atoms with Crippen LogP contribution in [-0.4, -0.2) is 54.6 Å². The molecule has 0 spiro atoms. The smallest absolute Gasteiger partial charge is 0.325 e. The number of hydrogen-bond donors (Lipinski definition) is 1. The van der Waals surface area contributed by atoms with Crippen molar-refractivity contribution in [3.63, 3.8) is 0 Å². The van der Waals surface area contributed by atoms with Crippen LogP contribution in [0.4, 0.5) is 11.4 Å². The molecule has 0 saturated carbocycles. The molecule has 0 aromatic heterocycles. The summed E-state index contributed by atoms with van der Waals surface area (Å²) in [5, 5.41) is 3.15. The summed E-state index contributed by atoms with van der Waals surface area (Å²) in [6.45, 7) is -0.269. The summed E-state index contributed by atoms with van der Waals surface area (Å²) in [7, 11) is 2.78. The number of carbonyl (C=O) groups is 3. The minimum atomic E-state index is -0.928. The molecule has 1 saturated heterocycles. The number of hydrogen-bond acceptors (Lipinski definition) is 6. The van der Waals surface area contributed by atoms with Crippen molar-refractivity contribution >= 4 is 46.5 Å². The third-order valence-electron chi connectivity index (χ3n) is 4.64. The number of rotatable bonds is 6. The predicted octanol–water partition coefficient (Wildman–Crippen LogP) is 2.20. The number of nitrogens with one attached hydrogen (secondary N) is 1. The molecule has 3 rings (SSSR count). The zero-order valence-corrected chi connectivity index (χ0v) is 17.3. The molecule has 1 aliphatic heterocycles. The van der Waals surface area contributed by atoms with Crippen LogP contribution in [0.25, 0.3) is 0 Å². The summed E-state index contributed by atoms with van der Waals surface area (Å²) in [6, 6.07) is 14.8. The maximum absolute atomic E-state index is 13.1. The number of ether oxygens (including phenoxy) is 2. The quantitative estimate of drug-likeness (QED) is 0.427. The molecule has 0 unspecified atom stereocenters. The number of esters is 1. The number of carbonyl (C=O) groups excluding carboxylic acids is 3. The van der Waals surface area contributed by atoms with Gasteiger partial charge in [0.2, 0.25) is 5.91 Å². The van der Waals surface area contributed by atoms with E-state index in [-0.39, 0.29) is 24.0 Å². The van der Waals surface area contributed by atoms with Crippen LogP contribution >= 0.6 is 12.2 Å². The van der Waals surface area contributed by atoms with E-state index in [1.54, 1.807) is 36.4 Å². The minimum Gasteiger partial charge on any atom is -0.497 e. The van der Waals surface area contributed by atoms with Gasteiger partial charge in [-0.05, 0) is 48.6 Å². The SMILES string of the molecule is COC(=O)CN(C(=S)Nc1ccccc1)[C@H]1CC(=O)N(c2ccc(OC)cc2)C1=O. The third-order valence-corrected chi connectivity index (χ3v) is 4.98. The lowest BCUT2D eigenvalue weighted by Gasteiger charge is -2.29. The summed E-state index contributed by atoms with van der Waals surface area (Å²) in [5.41, 5.74) is 1.12. The van der Waals surface area contributed by atoms with Crippen molar-refractivity contribution in [2.24, 2.45) is 0 Å². The van der Waals surface area contributed by atoms with Gasteiger partial charge in [0.25, 0.3) is 5.91 Å². The molecule has 0 radical (unpaired) electrons. The fourth-order valence-corrected chi connectivity index (χ4v) is 3.42. The standard InChI is InChI=1S/C21H21N3O5S/c1-28-16-10-8-15(9-11-16)24-18(25)12-17(20(24)27)23(13-19(26)29-2)21(30)22-14-6-4-3-5-7-14/h3-11,17H,12-13H2,1-2H3,(H,22,30)/t17-/m0/s1. The molecule has 0 aliphatic carbocycles. The van der Waals surface area contributed by atoms with Crippen LogP contribution in [0.15, 0.2) is 54.6 Å². The van der Waals surface area contributed by atoms with Crippen molar-refractivity contribution in [2.45, 2.75) is 12.5 Å². The summed E-state index contributed by atoms with van der Waals surface area (Å²) in [5.74, 6) is -0.816. The number of nitrogens with zero attached hydrogens (tertiary/aromatic N) is 2. The Balaban J connectivity index is 1.85. The minimum absolute atomic E-state index is 0.113. The first-order chi connectivity index (χ1) is 14.4. The van der Waals surface area contributed by atoms with Crippen LogP contribution in [0.2, 0.25) is 0 Å². The van der Waals surface area contributed by atoms with Gasteiger partial charge in [0.05, 0.1) is 26.3 Å². The number of benzene rings is 2. The molecule has 0 bridgehead atoms. The van der Waals surface area contributed by atoms with Crippen molar-refractivity contribution < 1.29 is 23.9 Å². The van der Waals surface area contributed by atoms with E-state index in [1.165, 1.54) is 19.1 Å². The average Bonchev–Trinajstić information content (AvgIpc) is 3.06. The Morgan fingerprint density at radius 2 is 1.80 bits per heavy atom. The first-order valence-corrected chi connectivity index (χ1v) is 9.55. The maximum atomic E-state index is 13.1. The number of anilines is 2. The molecule has 8 nitrogen and oxygen atoms in total. The normalized spacial score (nSPS) is 15.7. The molecule has 2 aromatic rings. The summed E-state index contributed by atoms with van der Waals surface area (Å²) in [4.78, 5) is 40.2. The molecule has 1 atom stereocenters. The van der Waals surface area contributed by atoms with E-state index in [4.69, 9.17) is 21.7 Å². The molecule has 30 heavy (non-hydrogen) atoms. The van der Waals surface area contributed by atoms with Gasteiger partial charge in [0.15, 0.2) is 5.11 Å². The largest absolute Gasteiger partial charge is 0.497 e. The second kappa shape index (κ2) is 9.36. The zero-order chi connectivity index (χ0) is 21.7. The first kappa shape index (κ1) is 21.3. The first-order valence-electron chi connectivity index (χ1n) is 9.15. The molecule has 2 amide bonds. The van der Waals surface area contributed by atoms with Crippen LogP contribution in [-0.2, 0) is 19.1 Å². The fraction of sp³-hybridized carbons (Fsp3) is 0.238. The van der Waals surface area contributed by atoms with Crippen molar-refractivity contribution in [1.29, 1.82) is 0 Å². The summed E-state index contributed by atoms with van der Waals surface area (Å²) in [6.07, 6.45) is -0.113. The molecular formula is C21H21N3O5S. The molecular weight excluding hydrogens is 406 g/mol. The molecule has 156 valence electrons. The lowest BCUT2D eigenvalue weighted by molar-refractivity contribution is -0.141. The molecule has 9 heteroatoms. The van der Waals surface area contributed by atoms with Gasteiger partial charge in [-0.2, -0.15) is 0 Å². The molecule has 1 aliphatic rings. The number of methoxy groups -OCH3 is 2. The van der Waals surface area contributed by atoms with Gasteiger partial charge in [-0.25, -0.2) is 4.90 Å². The highest BCUT2D eigenvalue weighted by molar-refractivity contribution is 7.80. The van der Waals surface area contributed by atoms with Crippen molar-refractivity contribution in [1.82, 2.24) is 4.90 Å². The second-order valence-corrected chi connectivity index (χ2v) is 6.87. The topological polar surface area (TPSA) is 88.2 Å². The van der Waals surface area contributed by atoms with E-state index >= 15 is 0 Å². The lowest BCUT2D eigenvalue weighted by atomic mass is 10.2.